The summed E-state index contributed by atoms with van der Waals surface area (Å²) in [6.07, 6.45) is 0. The van der Waals surface area contributed by atoms with Crippen LogP contribution in [0.25, 0.3) is 11.1 Å². The first-order valence-electron chi connectivity index (χ1n) is 7.54. The molecule has 0 unspecified atom stereocenters. The van der Waals surface area contributed by atoms with Crippen molar-refractivity contribution >= 4 is 34.4 Å². The Morgan fingerprint density at radius 1 is 1.00 bits per heavy atom. The van der Waals surface area contributed by atoms with Crippen molar-refractivity contribution < 1.29 is 14.4 Å². The molecule has 2 aromatic carbocycles. The minimum atomic E-state index is -0.508. The summed E-state index contributed by atoms with van der Waals surface area (Å²) in [6, 6.07) is 17.2. The number of thioether (sulfide) groups is 1. The highest BCUT2D eigenvalue weighted by atomic mass is 32.2. The van der Waals surface area contributed by atoms with Gasteiger partial charge >= 0.3 is 0 Å². The SMILES string of the molecule is C=C(NC(=O)CSC(C)=O)C(=O)Nc1cccc(-c2ccccc2)c1. The molecule has 6 heteroatoms. The topological polar surface area (TPSA) is 75.3 Å². The fraction of sp³-hybridized carbons (Fsp3) is 0.105. The molecule has 2 amide bonds. The monoisotopic (exact) mass is 354 g/mol. The van der Waals surface area contributed by atoms with Gasteiger partial charge < -0.3 is 10.6 Å². The van der Waals surface area contributed by atoms with E-state index in [0.717, 1.165) is 22.9 Å². The van der Waals surface area contributed by atoms with Crippen LogP contribution >= 0.6 is 11.8 Å². The van der Waals surface area contributed by atoms with Crippen molar-refractivity contribution in [2.24, 2.45) is 0 Å². The average Bonchev–Trinajstić information content (AvgIpc) is 2.61. The summed E-state index contributed by atoms with van der Waals surface area (Å²) >= 11 is 0.873. The van der Waals surface area contributed by atoms with Crippen molar-refractivity contribution in [3.05, 3.63) is 66.9 Å². The van der Waals surface area contributed by atoms with Gasteiger partial charge in [-0.25, -0.2) is 0 Å². The van der Waals surface area contributed by atoms with E-state index in [1.54, 1.807) is 6.07 Å². The van der Waals surface area contributed by atoms with Crippen LogP contribution in [-0.2, 0) is 14.4 Å². The lowest BCUT2D eigenvalue weighted by Crippen LogP contribution is -2.31. The maximum Gasteiger partial charge on any atom is 0.271 e. The Morgan fingerprint density at radius 3 is 2.36 bits per heavy atom. The van der Waals surface area contributed by atoms with Crippen LogP contribution in [0.2, 0.25) is 0 Å². The standard InChI is InChI=1S/C19H18N2O3S/c1-13(20-18(23)12-25-14(2)22)19(24)21-17-10-6-9-16(11-17)15-7-4-3-5-8-15/h3-11H,1,12H2,2H3,(H,20,23)(H,21,24). The van der Waals surface area contributed by atoms with E-state index >= 15 is 0 Å². The number of hydrogen-bond acceptors (Lipinski definition) is 4. The molecule has 0 heterocycles. The van der Waals surface area contributed by atoms with Gasteiger partial charge in [0.25, 0.3) is 5.91 Å². The van der Waals surface area contributed by atoms with Crippen molar-refractivity contribution in [2.75, 3.05) is 11.1 Å². The van der Waals surface area contributed by atoms with Crippen LogP contribution in [0, 0.1) is 0 Å². The quantitative estimate of drug-likeness (QED) is 0.781. The van der Waals surface area contributed by atoms with Crippen molar-refractivity contribution in [2.45, 2.75) is 6.92 Å². The van der Waals surface area contributed by atoms with Crippen LogP contribution in [0.1, 0.15) is 6.92 Å². The van der Waals surface area contributed by atoms with Gasteiger partial charge in [0.15, 0.2) is 5.12 Å². The van der Waals surface area contributed by atoms with Gasteiger partial charge in [-0.15, -0.1) is 0 Å². The molecule has 5 nitrogen and oxygen atoms in total. The number of amides is 2. The Labute approximate surface area is 150 Å². The van der Waals surface area contributed by atoms with Crippen LogP contribution in [0.15, 0.2) is 66.9 Å². The number of benzene rings is 2. The zero-order valence-electron chi connectivity index (χ0n) is 13.7. The summed E-state index contributed by atoms with van der Waals surface area (Å²) in [7, 11) is 0. The van der Waals surface area contributed by atoms with Gasteiger partial charge in [-0.3, -0.25) is 14.4 Å². The maximum atomic E-state index is 12.1. The molecule has 25 heavy (non-hydrogen) atoms. The molecular formula is C19H18N2O3S. The third-order valence-corrected chi connectivity index (χ3v) is 4.01. The summed E-state index contributed by atoms with van der Waals surface area (Å²) in [5, 5.41) is 4.91. The second-order valence-corrected chi connectivity index (χ2v) is 6.36. The first kappa shape index (κ1) is 18.5. The van der Waals surface area contributed by atoms with Crippen molar-refractivity contribution in [3.63, 3.8) is 0 Å². The molecule has 0 aliphatic carbocycles. The number of nitrogens with one attached hydrogen (secondary N) is 2. The fourth-order valence-corrected chi connectivity index (χ4v) is 2.45. The van der Waals surface area contributed by atoms with Gasteiger partial charge in [0.2, 0.25) is 5.91 Å². The first-order chi connectivity index (χ1) is 12.0. The van der Waals surface area contributed by atoms with Crippen LogP contribution < -0.4 is 10.6 Å². The van der Waals surface area contributed by atoms with E-state index in [-0.39, 0.29) is 16.6 Å². The van der Waals surface area contributed by atoms with Crippen LogP contribution in [0.5, 0.6) is 0 Å². The smallest absolute Gasteiger partial charge is 0.271 e. The Balaban J connectivity index is 1.97. The molecule has 0 bridgehead atoms. The number of anilines is 1. The summed E-state index contributed by atoms with van der Waals surface area (Å²) < 4.78 is 0. The number of carbonyl (C=O) groups is 3. The Morgan fingerprint density at radius 2 is 1.68 bits per heavy atom. The van der Waals surface area contributed by atoms with Crippen molar-refractivity contribution in [3.8, 4) is 11.1 Å². The lowest BCUT2D eigenvalue weighted by Gasteiger charge is -2.10. The molecule has 0 aliphatic heterocycles. The Kier molecular flexibility index (Phi) is 6.54. The summed E-state index contributed by atoms with van der Waals surface area (Å²) in [6.45, 7) is 4.93. The maximum absolute atomic E-state index is 12.1. The number of hydrogen-bond donors (Lipinski definition) is 2. The molecule has 2 aromatic rings. The van der Waals surface area contributed by atoms with E-state index < -0.39 is 11.8 Å². The predicted molar refractivity (Wildman–Crippen MR) is 101 cm³/mol. The lowest BCUT2D eigenvalue weighted by molar-refractivity contribution is -0.120. The predicted octanol–water partition coefficient (Wildman–Crippen LogP) is 3.20. The van der Waals surface area contributed by atoms with Crippen LogP contribution in [-0.4, -0.2) is 22.7 Å². The molecule has 0 aromatic heterocycles. The summed E-state index contributed by atoms with van der Waals surface area (Å²) in [4.78, 5) is 34.6. The van der Waals surface area contributed by atoms with E-state index in [1.807, 2.05) is 48.5 Å². The third-order valence-electron chi connectivity index (χ3n) is 3.20. The third kappa shape index (κ3) is 5.93. The van der Waals surface area contributed by atoms with E-state index in [2.05, 4.69) is 17.2 Å². The minimum absolute atomic E-state index is 0.0505. The molecule has 0 spiro atoms. The molecule has 0 saturated heterocycles. The Hall–Kier alpha value is -2.86. The molecule has 128 valence electrons. The van der Waals surface area contributed by atoms with E-state index in [1.165, 1.54) is 6.92 Å². The van der Waals surface area contributed by atoms with Gasteiger partial charge in [0.1, 0.15) is 0 Å². The van der Waals surface area contributed by atoms with Gasteiger partial charge in [0, 0.05) is 12.6 Å². The second kappa shape index (κ2) is 8.84. The highest BCUT2D eigenvalue weighted by Gasteiger charge is 2.12. The zero-order valence-corrected chi connectivity index (χ0v) is 14.6. The highest BCUT2D eigenvalue weighted by Crippen LogP contribution is 2.22. The molecule has 0 radical (unpaired) electrons. The normalized spacial score (nSPS) is 9.96. The molecular weight excluding hydrogens is 336 g/mol. The largest absolute Gasteiger partial charge is 0.321 e. The zero-order chi connectivity index (χ0) is 18.2. The summed E-state index contributed by atoms with van der Waals surface area (Å²) in [5.74, 6) is -1.00. The Bertz CT molecular complexity index is 803. The highest BCUT2D eigenvalue weighted by molar-refractivity contribution is 8.14. The molecule has 2 rings (SSSR count). The molecule has 0 atom stereocenters. The molecule has 2 N–H and O–H groups in total. The van der Waals surface area contributed by atoms with Gasteiger partial charge in [-0.2, -0.15) is 0 Å². The van der Waals surface area contributed by atoms with Gasteiger partial charge in [0.05, 0.1) is 11.4 Å². The summed E-state index contributed by atoms with van der Waals surface area (Å²) in [5.41, 5.74) is 2.53. The van der Waals surface area contributed by atoms with Gasteiger partial charge in [-0.1, -0.05) is 60.8 Å². The minimum Gasteiger partial charge on any atom is -0.321 e. The van der Waals surface area contributed by atoms with E-state index in [9.17, 15) is 14.4 Å². The average molecular weight is 354 g/mol. The van der Waals surface area contributed by atoms with Crippen molar-refractivity contribution in [1.29, 1.82) is 0 Å². The second-order valence-electron chi connectivity index (χ2n) is 5.21. The van der Waals surface area contributed by atoms with Crippen LogP contribution in [0.3, 0.4) is 0 Å². The molecule has 0 aliphatic rings. The fourth-order valence-electron chi connectivity index (χ4n) is 2.04. The number of carbonyl (C=O) groups excluding carboxylic acids is 3. The lowest BCUT2D eigenvalue weighted by atomic mass is 10.1. The molecule has 0 fully saturated rings. The van der Waals surface area contributed by atoms with Crippen molar-refractivity contribution in [1.82, 2.24) is 5.32 Å². The van der Waals surface area contributed by atoms with Crippen LogP contribution in [0.4, 0.5) is 5.69 Å². The molecule has 0 saturated carbocycles. The number of rotatable bonds is 6. The van der Waals surface area contributed by atoms with Gasteiger partial charge in [-0.05, 0) is 23.3 Å². The van der Waals surface area contributed by atoms with E-state index in [4.69, 9.17) is 0 Å². The van der Waals surface area contributed by atoms with E-state index in [0.29, 0.717) is 5.69 Å². The first-order valence-corrected chi connectivity index (χ1v) is 8.53.